The van der Waals surface area contributed by atoms with E-state index in [1.54, 1.807) is 0 Å². The van der Waals surface area contributed by atoms with Gasteiger partial charge in [-0.3, -0.25) is 0 Å². The van der Waals surface area contributed by atoms with E-state index < -0.39 is 0 Å². The lowest BCUT2D eigenvalue weighted by atomic mass is 9.41. The van der Waals surface area contributed by atoms with Gasteiger partial charge in [-0.2, -0.15) is 0 Å². The molecule has 0 amide bonds. The van der Waals surface area contributed by atoms with Crippen LogP contribution >= 0.6 is 0 Å². The Morgan fingerprint density at radius 1 is 0.735 bits per heavy atom. The van der Waals surface area contributed by atoms with Gasteiger partial charge in [0.25, 0.3) is 0 Å². The van der Waals surface area contributed by atoms with Gasteiger partial charge in [-0.25, -0.2) is 0 Å². The molecule has 0 heterocycles. The lowest BCUT2D eigenvalue weighted by Crippen LogP contribution is -2.57. The zero-order chi connectivity index (χ0) is 24.6. The highest BCUT2D eigenvalue weighted by Gasteiger charge is 2.82. The number of rotatable bonds is 5. The lowest BCUT2D eigenvalue weighted by molar-refractivity contribution is -0.161. The molecule has 1 N–H and O–H groups in total. The molecule has 6 fully saturated rings. The molecule has 0 saturated heterocycles. The fourth-order valence-electron chi connectivity index (χ4n) is 12.8. The smallest absolute Gasteiger partial charge is 0.0594 e. The SMILES string of the molecule is CC[C@]1(C)C[C@]1(C)CC[C@@H](C)[C@H]1CC[C@@]2(C)[C@@H]3CC[C@H]4C(C)(C)[C@@H](O)CC[C@@]45C[C@@]35CC[C@]12C. The Balaban J connectivity index is 1.22. The van der Waals surface area contributed by atoms with E-state index in [9.17, 15) is 5.11 Å². The summed E-state index contributed by atoms with van der Waals surface area (Å²) in [5, 5.41) is 10.9. The van der Waals surface area contributed by atoms with E-state index in [0.717, 1.165) is 30.1 Å². The fraction of sp³-hybridized carbons (Fsp3) is 1.00. The van der Waals surface area contributed by atoms with Crippen molar-refractivity contribution >= 4 is 0 Å². The summed E-state index contributed by atoms with van der Waals surface area (Å²) in [5.74, 6) is 3.52. The largest absolute Gasteiger partial charge is 0.393 e. The summed E-state index contributed by atoms with van der Waals surface area (Å²) in [5.41, 5.74) is 3.65. The highest BCUT2D eigenvalue weighted by Crippen LogP contribution is 2.89. The van der Waals surface area contributed by atoms with Gasteiger partial charge in [0, 0.05) is 0 Å². The summed E-state index contributed by atoms with van der Waals surface area (Å²) in [6, 6.07) is 0. The number of hydrogen-bond acceptors (Lipinski definition) is 1. The predicted octanol–water partition coefficient (Wildman–Crippen LogP) is 9.03. The van der Waals surface area contributed by atoms with Crippen LogP contribution in [0, 0.1) is 61.6 Å². The maximum atomic E-state index is 10.9. The molecule has 1 heteroatoms. The maximum absolute atomic E-state index is 10.9. The van der Waals surface area contributed by atoms with Crippen molar-refractivity contribution in [3.8, 4) is 0 Å². The Morgan fingerprint density at radius 2 is 1.41 bits per heavy atom. The molecule has 0 unspecified atom stereocenters. The van der Waals surface area contributed by atoms with Crippen LogP contribution in [0.2, 0.25) is 0 Å². The molecule has 6 saturated carbocycles. The highest BCUT2D eigenvalue weighted by atomic mass is 16.3. The zero-order valence-corrected chi connectivity index (χ0v) is 24.0. The minimum absolute atomic E-state index is 0.0821. The summed E-state index contributed by atoms with van der Waals surface area (Å²) < 4.78 is 0. The highest BCUT2D eigenvalue weighted by molar-refractivity contribution is 5.30. The molecule has 6 aliphatic rings. The van der Waals surface area contributed by atoms with Crippen molar-refractivity contribution < 1.29 is 5.11 Å². The van der Waals surface area contributed by atoms with Crippen LogP contribution in [-0.2, 0) is 0 Å². The topological polar surface area (TPSA) is 20.2 Å². The first-order valence-electron chi connectivity index (χ1n) is 15.4. The van der Waals surface area contributed by atoms with Crippen LogP contribution in [0.3, 0.4) is 0 Å². The van der Waals surface area contributed by atoms with Crippen LogP contribution in [-0.4, -0.2) is 11.2 Å². The molecule has 11 atom stereocenters. The molecule has 0 bridgehead atoms. The van der Waals surface area contributed by atoms with Crippen molar-refractivity contribution in [1.29, 1.82) is 0 Å². The van der Waals surface area contributed by atoms with E-state index in [0.29, 0.717) is 32.5 Å². The van der Waals surface area contributed by atoms with Crippen LogP contribution in [0.5, 0.6) is 0 Å². The molecule has 0 aromatic heterocycles. The van der Waals surface area contributed by atoms with Gasteiger partial charge >= 0.3 is 0 Å². The second-order valence-corrected chi connectivity index (χ2v) is 16.7. The molecule has 0 aromatic rings. The minimum atomic E-state index is -0.0821. The van der Waals surface area contributed by atoms with Crippen molar-refractivity contribution in [2.75, 3.05) is 0 Å². The summed E-state index contributed by atoms with van der Waals surface area (Å²) in [7, 11) is 0. The van der Waals surface area contributed by atoms with Crippen molar-refractivity contribution in [2.24, 2.45) is 61.6 Å². The van der Waals surface area contributed by atoms with Crippen LogP contribution in [0.25, 0.3) is 0 Å². The zero-order valence-electron chi connectivity index (χ0n) is 24.0. The molecule has 0 aromatic carbocycles. The summed E-state index contributed by atoms with van der Waals surface area (Å²) in [4.78, 5) is 0. The van der Waals surface area contributed by atoms with Crippen LogP contribution < -0.4 is 0 Å². The Kier molecular flexibility index (Phi) is 4.92. The number of aliphatic hydroxyl groups is 1. The molecule has 6 aliphatic carbocycles. The Hall–Kier alpha value is -0.0400. The molecule has 2 spiro atoms. The van der Waals surface area contributed by atoms with E-state index >= 15 is 0 Å². The van der Waals surface area contributed by atoms with Gasteiger partial charge in [0.05, 0.1) is 6.10 Å². The third kappa shape index (κ3) is 2.63. The van der Waals surface area contributed by atoms with Crippen LogP contribution in [0.15, 0.2) is 0 Å². The fourth-order valence-corrected chi connectivity index (χ4v) is 12.8. The second-order valence-electron chi connectivity index (χ2n) is 16.7. The summed E-state index contributed by atoms with van der Waals surface area (Å²) in [6.45, 7) is 20.5. The van der Waals surface area contributed by atoms with E-state index in [1.807, 2.05) is 0 Å². The molecule has 34 heavy (non-hydrogen) atoms. The minimum Gasteiger partial charge on any atom is -0.393 e. The van der Waals surface area contributed by atoms with Crippen molar-refractivity contribution in [3.63, 3.8) is 0 Å². The van der Waals surface area contributed by atoms with Crippen LogP contribution in [0.1, 0.15) is 139 Å². The molecule has 6 rings (SSSR count). The van der Waals surface area contributed by atoms with Gasteiger partial charge in [0.2, 0.25) is 0 Å². The van der Waals surface area contributed by atoms with E-state index in [4.69, 9.17) is 0 Å². The van der Waals surface area contributed by atoms with Gasteiger partial charge in [-0.1, -0.05) is 61.8 Å². The maximum Gasteiger partial charge on any atom is 0.0594 e. The average molecular weight is 469 g/mol. The van der Waals surface area contributed by atoms with Gasteiger partial charge in [0.15, 0.2) is 0 Å². The first kappa shape index (κ1) is 24.3. The second kappa shape index (κ2) is 6.88. The molecular formula is C33H56O. The first-order chi connectivity index (χ1) is 15.8. The van der Waals surface area contributed by atoms with E-state index in [1.165, 1.54) is 77.0 Å². The standard InChI is InChI=1S/C33H56O/c1-9-28(5)20-29(28,6)15-12-22(2)23-13-16-31(8)25-11-10-24-27(3,4)26(34)14-17-32(24)21-33(25,32)19-18-30(23,31)7/h22-26,34H,9-21H2,1-8H3/t22-,23-,24+,25+,26+,28-,29+,30-,31+,32-,33+/m1/s1. The van der Waals surface area contributed by atoms with Crippen molar-refractivity contribution in [2.45, 2.75) is 145 Å². The Labute approximate surface area is 211 Å². The van der Waals surface area contributed by atoms with Crippen molar-refractivity contribution in [3.05, 3.63) is 0 Å². The Morgan fingerprint density at radius 3 is 2.09 bits per heavy atom. The summed E-state index contributed by atoms with van der Waals surface area (Å²) in [6.07, 6.45) is 18.3. The third-order valence-electron chi connectivity index (χ3n) is 15.9. The predicted molar refractivity (Wildman–Crippen MR) is 142 cm³/mol. The number of fused-ring (bicyclic) bond motifs is 2. The molecular weight excluding hydrogens is 412 g/mol. The van der Waals surface area contributed by atoms with Crippen molar-refractivity contribution in [1.82, 2.24) is 0 Å². The summed E-state index contributed by atoms with van der Waals surface area (Å²) >= 11 is 0. The van der Waals surface area contributed by atoms with Crippen LogP contribution in [0.4, 0.5) is 0 Å². The van der Waals surface area contributed by atoms with Gasteiger partial charge in [-0.15, -0.1) is 0 Å². The molecule has 0 radical (unpaired) electrons. The quantitative estimate of drug-likeness (QED) is 0.426. The third-order valence-corrected chi connectivity index (χ3v) is 15.9. The lowest BCUT2D eigenvalue weighted by Gasteiger charge is -2.63. The molecule has 1 nitrogen and oxygen atoms in total. The monoisotopic (exact) mass is 468 g/mol. The molecule has 194 valence electrons. The van der Waals surface area contributed by atoms with Gasteiger partial charge in [-0.05, 0) is 139 Å². The van der Waals surface area contributed by atoms with E-state index in [-0.39, 0.29) is 11.5 Å². The number of aliphatic hydroxyl groups excluding tert-OH is 1. The van der Waals surface area contributed by atoms with E-state index in [2.05, 4.69) is 55.4 Å². The molecule has 0 aliphatic heterocycles. The Bertz CT molecular complexity index is 861. The average Bonchev–Trinajstić information content (AvgIpc) is 3.58. The number of hydrogen-bond donors (Lipinski definition) is 1. The first-order valence-corrected chi connectivity index (χ1v) is 15.4. The van der Waals surface area contributed by atoms with Gasteiger partial charge < -0.3 is 5.11 Å². The van der Waals surface area contributed by atoms with Gasteiger partial charge in [0.1, 0.15) is 0 Å². The normalized spacial score (nSPS) is 59.9.